The van der Waals surface area contributed by atoms with Gasteiger partial charge in [-0.25, -0.2) is 0 Å². The van der Waals surface area contributed by atoms with Crippen LogP contribution in [0.15, 0.2) is 42.5 Å². The molecule has 1 amide bonds. The molecule has 0 radical (unpaired) electrons. The number of piperidine rings is 1. The van der Waals surface area contributed by atoms with E-state index in [0.717, 1.165) is 29.9 Å². The van der Waals surface area contributed by atoms with Crippen molar-refractivity contribution in [2.24, 2.45) is 0 Å². The molecule has 0 bridgehead atoms. The van der Waals surface area contributed by atoms with E-state index in [2.05, 4.69) is 44.2 Å². The minimum absolute atomic E-state index is 0.0488. The number of aryl methyl sites for hydroxylation is 2. The first-order valence-corrected chi connectivity index (χ1v) is 13.2. The molecule has 0 aliphatic carbocycles. The molecule has 166 valence electrons. The molecule has 2 aromatic carbocycles. The molecule has 2 saturated heterocycles. The SMILES string of the molecule is Cc1ccc(C)c(OC2CCN(C(=O)COc3ccc(C4SCCCS4)cc3)CC2)c1. The Morgan fingerprint density at radius 1 is 1.03 bits per heavy atom. The summed E-state index contributed by atoms with van der Waals surface area (Å²) in [5.74, 6) is 4.23. The van der Waals surface area contributed by atoms with Crippen LogP contribution in [0.3, 0.4) is 0 Å². The van der Waals surface area contributed by atoms with Gasteiger partial charge in [0.1, 0.15) is 17.6 Å². The summed E-state index contributed by atoms with van der Waals surface area (Å²) in [6.07, 6.45) is 3.16. The molecule has 0 unspecified atom stereocenters. The third-order valence-corrected chi connectivity index (χ3v) is 8.79. The summed E-state index contributed by atoms with van der Waals surface area (Å²) in [4.78, 5) is 14.5. The minimum Gasteiger partial charge on any atom is -0.490 e. The summed E-state index contributed by atoms with van der Waals surface area (Å²) < 4.78 is 12.5. The van der Waals surface area contributed by atoms with Gasteiger partial charge in [-0.2, -0.15) is 0 Å². The van der Waals surface area contributed by atoms with Crippen molar-refractivity contribution in [3.8, 4) is 11.5 Å². The number of hydrogen-bond donors (Lipinski definition) is 0. The summed E-state index contributed by atoms with van der Waals surface area (Å²) in [5, 5.41) is 0. The van der Waals surface area contributed by atoms with E-state index in [0.29, 0.717) is 17.7 Å². The van der Waals surface area contributed by atoms with Crippen LogP contribution in [0.2, 0.25) is 0 Å². The molecule has 6 heteroatoms. The van der Waals surface area contributed by atoms with Gasteiger partial charge in [0.25, 0.3) is 5.91 Å². The van der Waals surface area contributed by atoms with Crippen molar-refractivity contribution in [3.63, 3.8) is 0 Å². The number of carbonyl (C=O) groups is 1. The van der Waals surface area contributed by atoms with Crippen LogP contribution in [-0.2, 0) is 4.79 Å². The summed E-state index contributed by atoms with van der Waals surface area (Å²) in [6, 6.07) is 14.5. The Balaban J connectivity index is 1.21. The molecule has 2 heterocycles. The van der Waals surface area contributed by atoms with Gasteiger partial charge in [-0.3, -0.25) is 4.79 Å². The molecule has 0 spiro atoms. The highest BCUT2D eigenvalue weighted by atomic mass is 32.2. The van der Waals surface area contributed by atoms with Crippen molar-refractivity contribution in [2.45, 2.75) is 43.8 Å². The molecule has 2 aliphatic heterocycles. The number of amides is 1. The fourth-order valence-electron chi connectivity index (χ4n) is 3.87. The number of carbonyl (C=O) groups excluding carboxylic acids is 1. The highest BCUT2D eigenvalue weighted by molar-refractivity contribution is 8.16. The van der Waals surface area contributed by atoms with Crippen LogP contribution in [0, 0.1) is 13.8 Å². The Morgan fingerprint density at radius 3 is 2.45 bits per heavy atom. The highest BCUT2D eigenvalue weighted by Crippen LogP contribution is 2.43. The third kappa shape index (κ3) is 6.13. The van der Waals surface area contributed by atoms with E-state index in [1.165, 1.54) is 29.1 Å². The average molecular weight is 458 g/mol. The Hall–Kier alpha value is -1.79. The molecular formula is C25H31NO3S2. The molecule has 0 N–H and O–H groups in total. The Kier molecular flexibility index (Phi) is 7.72. The number of thioether (sulfide) groups is 2. The number of ether oxygens (including phenoxy) is 2. The number of nitrogens with zero attached hydrogens (tertiary/aromatic N) is 1. The lowest BCUT2D eigenvalue weighted by Crippen LogP contribution is -2.43. The zero-order valence-electron chi connectivity index (χ0n) is 18.3. The number of benzene rings is 2. The topological polar surface area (TPSA) is 38.8 Å². The van der Waals surface area contributed by atoms with Gasteiger partial charge in [-0.05, 0) is 66.7 Å². The van der Waals surface area contributed by atoms with Gasteiger partial charge >= 0.3 is 0 Å². The van der Waals surface area contributed by atoms with Crippen LogP contribution in [0.25, 0.3) is 0 Å². The Morgan fingerprint density at radius 2 is 1.74 bits per heavy atom. The van der Waals surface area contributed by atoms with Gasteiger partial charge in [0.15, 0.2) is 6.61 Å². The van der Waals surface area contributed by atoms with E-state index >= 15 is 0 Å². The fraction of sp³-hybridized carbons (Fsp3) is 0.480. The highest BCUT2D eigenvalue weighted by Gasteiger charge is 2.24. The summed E-state index contributed by atoms with van der Waals surface area (Å²) in [6.45, 7) is 5.67. The standard InChI is InChI=1S/C25H31NO3S2/c1-18-4-5-19(2)23(16-18)29-22-10-12-26(13-11-22)24(27)17-28-21-8-6-20(7-9-21)25-30-14-3-15-31-25/h4-9,16,22,25H,3,10-15,17H2,1-2H3. The molecule has 2 fully saturated rings. The second-order valence-corrected chi connectivity index (χ2v) is 11.0. The van der Waals surface area contributed by atoms with Crippen LogP contribution in [0.5, 0.6) is 11.5 Å². The van der Waals surface area contributed by atoms with Crippen LogP contribution < -0.4 is 9.47 Å². The molecule has 0 aromatic heterocycles. The van der Waals surface area contributed by atoms with Gasteiger partial charge < -0.3 is 14.4 Å². The van der Waals surface area contributed by atoms with Gasteiger partial charge in [0, 0.05) is 25.9 Å². The van der Waals surface area contributed by atoms with Crippen LogP contribution in [-0.4, -0.2) is 48.1 Å². The Bertz CT molecular complexity index is 873. The first-order chi connectivity index (χ1) is 15.1. The van der Waals surface area contributed by atoms with E-state index in [1.807, 2.05) is 40.6 Å². The van der Waals surface area contributed by atoms with Crippen molar-refractivity contribution < 1.29 is 14.3 Å². The van der Waals surface area contributed by atoms with E-state index in [1.54, 1.807) is 0 Å². The van der Waals surface area contributed by atoms with E-state index in [4.69, 9.17) is 9.47 Å². The number of rotatable bonds is 6. The number of likely N-dealkylation sites (tertiary alicyclic amines) is 1. The van der Waals surface area contributed by atoms with Gasteiger partial charge in [-0.1, -0.05) is 24.3 Å². The molecule has 2 aliphatic rings. The largest absolute Gasteiger partial charge is 0.490 e. The maximum Gasteiger partial charge on any atom is 0.260 e. The average Bonchev–Trinajstić information content (AvgIpc) is 2.81. The zero-order chi connectivity index (χ0) is 21.6. The summed E-state index contributed by atoms with van der Waals surface area (Å²) in [5.41, 5.74) is 3.69. The molecule has 2 aromatic rings. The van der Waals surface area contributed by atoms with Crippen LogP contribution in [0.4, 0.5) is 0 Å². The van der Waals surface area contributed by atoms with Crippen LogP contribution >= 0.6 is 23.5 Å². The van der Waals surface area contributed by atoms with E-state index in [-0.39, 0.29) is 18.6 Å². The van der Waals surface area contributed by atoms with Crippen molar-refractivity contribution in [2.75, 3.05) is 31.2 Å². The first-order valence-electron chi connectivity index (χ1n) is 11.1. The van der Waals surface area contributed by atoms with Crippen LogP contribution in [0.1, 0.15) is 40.5 Å². The predicted octanol–water partition coefficient (Wildman–Crippen LogP) is 5.62. The predicted molar refractivity (Wildman–Crippen MR) is 130 cm³/mol. The van der Waals surface area contributed by atoms with Crippen molar-refractivity contribution in [1.82, 2.24) is 4.90 Å². The lowest BCUT2D eigenvalue weighted by atomic mass is 10.1. The maximum absolute atomic E-state index is 12.6. The summed E-state index contributed by atoms with van der Waals surface area (Å²) in [7, 11) is 0. The second kappa shape index (κ2) is 10.7. The monoisotopic (exact) mass is 457 g/mol. The zero-order valence-corrected chi connectivity index (χ0v) is 20.0. The minimum atomic E-state index is 0.0488. The van der Waals surface area contributed by atoms with Gasteiger partial charge in [-0.15, -0.1) is 23.5 Å². The molecule has 0 saturated carbocycles. The molecule has 31 heavy (non-hydrogen) atoms. The van der Waals surface area contributed by atoms with E-state index < -0.39 is 0 Å². The third-order valence-electron chi connectivity index (χ3n) is 5.77. The lowest BCUT2D eigenvalue weighted by molar-refractivity contribution is -0.135. The molecular weight excluding hydrogens is 426 g/mol. The fourth-order valence-corrected chi connectivity index (χ4v) is 6.77. The van der Waals surface area contributed by atoms with Crippen molar-refractivity contribution >= 4 is 29.4 Å². The van der Waals surface area contributed by atoms with E-state index in [9.17, 15) is 4.79 Å². The number of hydrogen-bond acceptors (Lipinski definition) is 5. The van der Waals surface area contributed by atoms with Gasteiger partial charge in [0.2, 0.25) is 0 Å². The van der Waals surface area contributed by atoms with Gasteiger partial charge in [0.05, 0.1) is 4.58 Å². The maximum atomic E-state index is 12.6. The van der Waals surface area contributed by atoms with Crippen molar-refractivity contribution in [1.29, 1.82) is 0 Å². The second-order valence-electron chi connectivity index (χ2n) is 8.25. The first kappa shape index (κ1) is 22.4. The normalized spacial score (nSPS) is 18.1. The molecule has 4 nitrogen and oxygen atoms in total. The quantitative estimate of drug-likeness (QED) is 0.563. The summed E-state index contributed by atoms with van der Waals surface area (Å²) >= 11 is 4.02. The smallest absolute Gasteiger partial charge is 0.260 e. The Labute approximate surface area is 194 Å². The van der Waals surface area contributed by atoms with Crippen molar-refractivity contribution in [3.05, 3.63) is 59.2 Å². The lowest BCUT2D eigenvalue weighted by Gasteiger charge is -2.32. The molecule has 0 atom stereocenters. The molecule has 4 rings (SSSR count).